The molecule has 4 nitrogen and oxygen atoms in total. The van der Waals surface area contributed by atoms with Crippen molar-refractivity contribution in [2.45, 2.75) is 25.3 Å². The lowest BCUT2D eigenvalue weighted by atomic mass is 9.92. The molecule has 5 heteroatoms. The predicted molar refractivity (Wildman–Crippen MR) is 106 cm³/mol. The van der Waals surface area contributed by atoms with Crippen LogP contribution in [0.3, 0.4) is 0 Å². The Morgan fingerprint density at radius 3 is 2.35 bits per heavy atom. The van der Waals surface area contributed by atoms with Gasteiger partial charge in [0.25, 0.3) is 0 Å². The summed E-state index contributed by atoms with van der Waals surface area (Å²) in [7, 11) is -1.18. The Kier molecular flexibility index (Phi) is 4.16. The Morgan fingerprint density at radius 2 is 1.65 bits per heavy atom. The monoisotopic (exact) mass is 368 g/mol. The maximum atomic E-state index is 12.5. The first kappa shape index (κ1) is 17.3. The maximum Gasteiger partial charge on any atom is 0.211 e. The lowest BCUT2D eigenvalue weighted by molar-refractivity contribution is 0.338. The van der Waals surface area contributed by atoms with Gasteiger partial charge in [0.05, 0.1) is 6.26 Å². The van der Waals surface area contributed by atoms with E-state index in [4.69, 9.17) is 0 Å². The van der Waals surface area contributed by atoms with E-state index in [9.17, 15) is 8.42 Å². The Balaban J connectivity index is 1.99. The number of hydrogen-bond acceptors (Lipinski definition) is 2. The van der Waals surface area contributed by atoms with Crippen LogP contribution in [0.1, 0.15) is 29.7 Å². The standard InChI is InChI=1S/C21H24N2O2S/c1-15-13-18-17-11-7-8-12-20(17)22(2)21(18)19(14-23(15)26(3,24)25)16-9-5-4-6-10-16/h4-12,15,19H,13-14H2,1-3H3/t15-,19+/m1/s1. The van der Waals surface area contributed by atoms with Gasteiger partial charge in [-0.05, 0) is 30.5 Å². The van der Waals surface area contributed by atoms with Crippen LogP contribution in [-0.2, 0) is 23.5 Å². The quantitative estimate of drug-likeness (QED) is 0.695. The Hall–Kier alpha value is -2.11. The summed E-state index contributed by atoms with van der Waals surface area (Å²) in [5, 5.41) is 1.23. The van der Waals surface area contributed by atoms with Gasteiger partial charge in [0.1, 0.15) is 0 Å². The largest absolute Gasteiger partial charge is 0.347 e. The second-order valence-electron chi connectivity index (χ2n) is 7.29. The lowest BCUT2D eigenvalue weighted by Crippen LogP contribution is -2.40. The number of aromatic nitrogens is 1. The van der Waals surface area contributed by atoms with Crippen molar-refractivity contribution in [2.24, 2.45) is 7.05 Å². The molecule has 2 aromatic carbocycles. The van der Waals surface area contributed by atoms with Crippen molar-refractivity contribution >= 4 is 20.9 Å². The fraction of sp³-hybridized carbons (Fsp3) is 0.333. The number of sulfonamides is 1. The number of hydrogen-bond donors (Lipinski definition) is 0. The topological polar surface area (TPSA) is 42.3 Å². The molecule has 2 atom stereocenters. The van der Waals surface area contributed by atoms with Crippen LogP contribution >= 0.6 is 0 Å². The normalized spacial score (nSPS) is 21.5. The van der Waals surface area contributed by atoms with E-state index in [0.717, 1.165) is 12.0 Å². The van der Waals surface area contributed by atoms with Gasteiger partial charge in [-0.15, -0.1) is 0 Å². The molecule has 0 amide bonds. The van der Waals surface area contributed by atoms with Crippen LogP contribution in [0, 0.1) is 0 Å². The van der Waals surface area contributed by atoms with Crippen molar-refractivity contribution in [2.75, 3.05) is 12.8 Å². The van der Waals surface area contributed by atoms with Gasteiger partial charge in [-0.25, -0.2) is 8.42 Å². The number of para-hydroxylation sites is 1. The summed E-state index contributed by atoms with van der Waals surface area (Å²) in [6, 6.07) is 18.6. The number of fused-ring (bicyclic) bond motifs is 3. The molecule has 0 aliphatic carbocycles. The molecule has 0 bridgehead atoms. The highest BCUT2D eigenvalue weighted by Gasteiger charge is 2.35. The van der Waals surface area contributed by atoms with Gasteiger partial charge in [-0.2, -0.15) is 4.31 Å². The van der Waals surface area contributed by atoms with Gasteiger partial charge in [0.2, 0.25) is 10.0 Å². The summed E-state index contributed by atoms with van der Waals surface area (Å²) in [4.78, 5) is 0. The van der Waals surface area contributed by atoms with Crippen molar-refractivity contribution in [1.29, 1.82) is 0 Å². The zero-order chi connectivity index (χ0) is 18.5. The zero-order valence-corrected chi connectivity index (χ0v) is 16.2. The van der Waals surface area contributed by atoms with Gasteiger partial charge in [0.15, 0.2) is 0 Å². The fourth-order valence-electron chi connectivity index (χ4n) is 4.40. The Labute approximate surface area is 155 Å². The molecule has 0 saturated heterocycles. The molecule has 0 N–H and O–H groups in total. The first-order valence-electron chi connectivity index (χ1n) is 8.96. The minimum Gasteiger partial charge on any atom is -0.347 e. The van der Waals surface area contributed by atoms with Gasteiger partial charge >= 0.3 is 0 Å². The van der Waals surface area contributed by atoms with Crippen LogP contribution in [0.15, 0.2) is 54.6 Å². The second-order valence-corrected chi connectivity index (χ2v) is 9.22. The molecule has 4 rings (SSSR count). The predicted octanol–water partition coefficient (Wildman–Crippen LogP) is 3.52. The van der Waals surface area contributed by atoms with Crippen LogP contribution in [0.2, 0.25) is 0 Å². The molecular weight excluding hydrogens is 344 g/mol. The second kappa shape index (κ2) is 6.25. The molecule has 0 saturated carbocycles. The Morgan fingerprint density at radius 1 is 1.00 bits per heavy atom. The molecule has 1 aromatic heterocycles. The molecule has 0 radical (unpaired) electrons. The van der Waals surface area contributed by atoms with Crippen LogP contribution in [0.4, 0.5) is 0 Å². The minimum absolute atomic E-state index is 0.0169. The molecule has 26 heavy (non-hydrogen) atoms. The third-order valence-corrected chi connectivity index (χ3v) is 6.93. The van der Waals surface area contributed by atoms with Gasteiger partial charge < -0.3 is 4.57 Å². The van der Waals surface area contributed by atoms with Crippen LogP contribution in [0.5, 0.6) is 0 Å². The highest BCUT2D eigenvalue weighted by molar-refractivity contribution is 7.88. The first-order chi connectivity index (χ1) is 12.4. The first-order valence-corrected chi connectivity index (χ1v) is 10.8. The van der Waals surface area contributed by atoms with Gasteiger partial charge in [-0.1, -0.05) is 48.5 Å². The van der Waals surface area contributed by atoms with E-state index < -0.39 is 10.0 Å². The molecule has 0 spiro atoms. The van der Waals surface area contributed by atoms with Crippen LogP contribution in [-0.4, -0.2) is 36.1 Å². The van der Waals surface area contributed by atoms with E-state index in [0.29, 0.717) is 6.54 Å². The molecule has 0 fully saturated rings. The van der Waals surface area contributed by atoms with E-state index in [2.05, 4.69) is 48.0 Å². The summed E-state index contributed by atoms with van der Waals surface area (Å²) in [5.74, 6) is 0.0169. The van der Waals surface area contributed by atoms with E-state index >= 15 is 0 Å². The van der Waals surface area contributed by atoms with Crippen LogP contribution < -0.4 is 0 Å². The van der Waals surface area contributed by atoms with E-state index in [1.165, 1.54) is 28.4 Å². The molecule has 2 heterocycles. The third-order valence-electron chi connectivity index (χ3n) is 5.57. The van der Waals surface area contributed by atoms with E-state index in [-0.39, 0.29) is 12.0 Å². The number of nitrogens with zero attached hydrogens (tertiary/aromatic N) is 2. The summed E-state index contributed by atoms with van der Waals surface area (Å²) in [6.45, 7) is 2.49. The van der Waals surface area contributed by atoms with Crippen molar-refractivity contribution < 1.29 is 8.42 Å². The fourth-order valence-corrected chi connectivity index (χ4v) is 5.55. The van der Waals surface area contributed by atoms with E-state index in [1.807, 2.05) is 25.1 Å². The van der Waals surface area contributed by atoms with Gasteiger partial charge in [-0.3, -0.25) is 0 Å². The number of aryl methyl sites for hydroxylation is 1. The summed E-state index contributed by atoms with van der Waals surface area (Å²) in [6.07, 6.45) is 2.05. The van der Waals surface area contributed by atoms with Crippen molar-refractivity contribution in [3.8, 4) is 0 Å². The third kappa shape index (κ3) is 2.75. The Bertz CT molecular complexity index is 1050. The SMILES string of the molecule is C[C@@H]1Cc2c(n(C)c3ccccc23)[C@H](c2ccccc2)CN1S(C)(=O)=O. The van der Waals surface area contributed by atoms with E-state index in [1.54, 1.807) is 4.31 Å². The molecule has 1 aliphatic rings. The smallest absolute Gasteiger partial charge is 0.211 e. The van der Waals surface area contributed by atoms with Crippen LogP contribution in [0.25, 0.3) is 10.9 Å². The average molecular weight is 369 g/mol. The zero-order valence-electron chi connectivity index (χ0n) is 15.4. The van der Waals surface area contributed by atoms with Gasteiger partial charge in [0, 0.05) is 42.1 Å². The minimum atomic E-state index is -3.28. The maximum absolute atomic E-state index is 12.5. The molecule has 1 aliphatic heterocycles. The molecule has 0 unspecified atom stereocenters. The summed E-state index contributed by atoms with van der Waals surface area (Å²) in [5.41, 5.74) is 4.87. The van der Waals surface area contributed by atoms with Crippen molar-refractivity contribution in [3.05, 3.63) is 71.4 Å². The highest BCUT2D eigenvalue weighted by Crippen LogP contribution is 2.39. The molecule has 136 valence electrons. The number of benzene rings is 2. The molecular formula is C21H24N2O2S. The number of rotatable bonds is 2. The summed E-state index contributed by atoms with van der Waals surface area (Å²) >= 11 is 0. The molecule has 3 aromatic rings. The highest BCUT2D eigenvalue weighted by atomic mass is 32.2. The summed E-state index contributed by atoms with van der Waals surface area (Å²) < 4.78 is 28.9. The van der Waals surface area contributed by atoms with Crippen molar-refractivity contribution in [1.82, 2.24) is 8.87 Å². The lowest BCUT2D eigenvalue weighted by Gasteiger charge is -2.28. The average Bonchev–Trinajstić information content (AvgIpc) is 2.78. The van der Waals surface area contributed by atoms with Crippen molar-refractivity contribution in [3.63, 3.8) is 0 Å².